The molecule has 0 amide bonds. The molecule has 1 aromatic carbocycles. The fourth-order valence-corrected chi connectivity index (χ4v) is 2.18. The molecule has 0 bridgehead atoms. The van der Waals surface area contributed by atoms with Crippen LogP contribution in [0.5, 0.6) is 0 Å². The molecular weight excluding hydrogens is 212 g/mol. The molecule has 0 atom stereocenters. The number of hydrogen-bond donors (Lipinski definition) is 2. The van der Waals surface area contributed by atoms with Gasteiger partial charge in [0, 0.05) is 30.2 Å². The molecule has 3 rings (SSSR count). The Kier molecular flexibility index (Phi) is 2.57. The lowest BCUT2D eigenvalue weighted by Crippen LogP contribution is -2.44. The van der Waals surface area contributed by atoms with Crippen molar-refractivity contribution in [3.8, 4) is 5.69 Å². The summed E-state index contributed by atoms with van der Waals surface area (Å²) in [5.74, 6) is 0. The SMILES string of the molecule is NC1CC(Nc2cccc(-n3cccn3)c2)C1. The first-order valence-electron chi connectivity index (χ1n) is 5.93. The van der Waals surface area contributed by atoms with Crippen LogP contribution in [0.1, 0.15) is 12.8 Å². The van der Waals surface area contributed by atoms with Crippen LogP contribution >= 0.6 is 0 Å². The summed E-state index contributed by atoms with van der Waals surface area (Å²) in [5.41, 5.74) is 7.98. The number of benzene rings is 1. The first-order valence-corrected chi connectivity index (χ1v) is 5.93. The van der Waals surface area contributed by atoms with E-state index in [1.165, 1.54) is 0 Å². The van der Waals surface area contributed by atoms with Gasteiger partial charge in [0.1, 0.15) is 0 Å². The Labute approximate surface area is 100 Å². The number of nitrogens with one attached hydrogen (secondary N) is 1. The molecule has 0 aliphatic heterocycles. The molecule has 4 nitrogen and oxygen atoms in total. The third-order valence-electron chi connectivity index (χ3n) is 3.16. The van der Waals surface area contributed by atoms with Gasteiger partial charge in [-0.2, -0.15) is 5.10 Å². The van der Waals surface area contributed by atoms with E-state index < -0.39 is 0 Å². The normalized spacial score (nSPS) is 23.1. The van der Waals surface area contributed by atoms with Crippen LogP contribution in [0, 0.1) is 0 Å². The highest BCUT2D eigenvalue weighted by Gasteiger charge is 2.25. The second-order valence-electron chi connectivity index (χ2n) is 4.57. The maximum absolute atomic E-state index is 5.78. The van der Waals surface area contributed by atoms with E-state index in [1.54, 1.807) is 6.20 Å². The second kappa shape index (κ2) is 4.22. The number of anilines is 1. The summed E-state index contributed by atoms with van der Waals surface area (Å²) in [6.07, 6.45) is 5.85. The molecule has 88 valence electrons. The van der Waals surface area contributed by atoms with Gasteiger partial charge in [0.2, 0.25) is 0 Å². The standard InChI is InChI=1S/C13H16N4/c14-10-7-12(8-10)16-11-3-1-4-13(9-11)17-6-2-5-15-17/h1-6,9-10,12,16H,7-8,14H2. The van der Waals surface area contributed by atoms with Crippen molar-refractivity contribution < 1.29 is 0 Å². The van der Waals surface area contributed by atoms with Gasteiger partial charge in [-0.1, -0.05) is 6.07 Å². The number of nitrogens with two attached hydrogens (primary N) is 1. The zero-order valence-electron chi connectivity index (χ0n) is 9.58. The minimum atomic E-state index is 0.377. The van der Waals surface area contributed by atoms with Crippen molar-refractivity contribution in [2.75, 3.05) is 5.32 Å². The summed E-state index contributed by atoms with van der Waals surface area (Å²) >= 11 is 0. The summed E-state index contributed by atoms with van der Waals surface area (Å²) in [6, 6.07) is 11.1. The quantitative estimate of drug-likeness (QED) is 0.841. The average molecular weight is 228 g/mol. The predicted octanol–water partition coefficient (Wildman–Crippen LogP) is 1.77. The highest BCUT2D eigenvalue weighted by Crippen LogP contribution is 2.23. The van der Waals surface area contributed by atoms with Crippen molar-refractivity contribution in [3.63, 3.8) is 0 Å². The van der Waals surface area contributed by atoms with Crippen LogP contribution in [0.4, 0.5) is 5.69 Å². The van der Waals surface area contributed by atoms with E-state index in [-0.39, 0.29) is 0 Å². The van der Waals surface area contributed by atoms with Gasteiger partial charge in [-0.25, -0.2) is 4.68 Å². The zero-order chi connectivity index (χ0) is 11.7. The molecule has 1 saturated carbocycles. The first-order chi connectivity index (χ1) is 8.31. The van der Waals surface area contributed by atoms with Crippen LogP contribution in [0.2, 0.25) is 0 Å². The predicted molar refractivity (Wildman–Crippen MR) is 68.2 cm³/mol. The molecule has 0 unspecified atom stereocenters. The monoisotopic (exact) mass is 228 g/mol. The van der Waals surface area contributed by atoms with Gasteiger partial charge in [0.25, 0.3) is 0 Å². The van der Waals surface area contributed by atoms with Crippen molar-refractivity contribution in [2.45, 2.75) is 24.9 Å². The number of nitrogens with zero attached hydrogens (tertiary/aromatic N) is 2. The van der Waals surface area contributed by atoms with Gasteiger partial charge < -0.3 is 11.1 Å². The lowest BCUT2D eigenvalue weighted by molar-refractivity contribution is 0.373. The maximum Gasteiger partial charge on any atom is 0.0666 e. The molecule has 4 heteroatoms. The fraction of sp³-hybridized carbons (Fsp3) is 0.308. The minimum absolute atomic E-state index is 0.377. The van der Waals surface area contributed by atoms with Crippen molar-refractivity contribution >= 4 is 5.69 Å². The molecule has 3 N–H and O–H groups in total. The van der Waals surface area contributed by atoms with Crippen molar-refractivity contribution in [1.82, 2.24) is 9.78 Å². The van der Waals surface area contributed by atoms with Crippen LogP contribution in [0.3, 0.4) is 0 Å². The summed E-state index contributed by atoms with van der Waals surface area (Å²) in [4.78, 5) is 0. The highest BCUT2D eigenvalue weighted by atomic mass is 15.3. The smallest absolute Gasteiger partial charge is 0.0666 e. The van der Waals surface area contributed by atoms with Gasteiger partial charge in [0.15, 0.2) is 0 Å². The summed E-state index contributed by atoms with van der Waals surface area (Å²) < 4.78 is 1.86. The Balaban J connectivity index is 1.75. The highest BCUT2D eigenvalue weighted by molar-refractivity contribution is 5.51. The Morgan fingerprint density at radius 1 is 1.29 bits per heavy atom. The van der Waals surface area contributed by atoms with Gasteiger partial charge in [-0.15, -0.1) is 0 Å². The fourth-order valence-electron chi connectivity index (χ4n) is 2.18. The second-order valence-corrected chi connectivity index (χ2v) is 4.57. The van der Waals surface area contributed by atoms with Gasteiger partial charge in [-0.3, -0.25) is 0 Å². The van der Waals surface area contributed by atoms with E-state index in [9.17, 15) is 0 Å². The summed E-state index contributed by atoms with van der Waals surface area (Å²) in [7, 11) is 0. The van der Waals surface area contributed by atoms with Gasteiger partial charge >= 0.3 is 0 Å². The number of rotatable bonds is 3. The van der Waals surface area contributed by atoms with E-state index in [0.29, 0.717) is 12.1 Å². The lowest BCUT2D eigenvalue weighted by atomic mass is 9.87. The third-order valence-corrected chi connectivity index (χ3v) is 3.16. The van der Waals surface area contributed by atoms with Crippen LogP contribution in [0.15, 0.2) is 42.7 Å². The van der Waals surface area contributed by atoms with E-state index in [4.69, 9.17) is 5.73 Å². The largest absolute Gasteiger partial charge is 0.382 e. The van der Waals surface area contributed by atoms with Crippen molar-refractivity contribution in [3.05, 3.63) is 42.7 Å². The molecule has 1 aromatic heterocycles. The van der Waals surface area contributed by atoms with E-state index in [2.05, 4.69) is 22.5 Å². The lowest BCUT2D eigenvalue weighted by Gasteiger charge is -2.33. The Morgan fingerprint density at radius 3 is 2.88 bits per heavy atom. The first kappa shape index (κ1) is 10.4. The number of hydrogen-bond acceptors (Lipinski definition) is 3. The van der Waals surface area contributed by atoms with E-state index >= 15 is 0 Å². The maximum atomic E-state index is 5.78. The molecule has 0 radical (unpaired) electrons. The van der Waals surface area contributed by atoms with Crippen LogP contribution < -0.4 is 11.1 Å². The molecule has 1 aliphatic rings. The molecule has 2 aromatic rings. The Hall–Kier alpha value is -1.81. The number of aromatic nitrogens is 2. The van der Waals surface area contributed by atoms with Gasteiger partial charge in [-0.05, 0) is 37.1 Å². The molecule has 17 heavy (non-hydrogen) atoms. The van der Waals surface area contributed by atoms with E-state index in [0.717, 1.165) is 24.2 Å². The minimum Gasteiger partial charge on any atom is -0.382 e. The molecular formula is C13H16N4. The van der Waals surface area contributed by atoms with Gasteiger partial charge in [0.05, 0.1) is 5.69 Å². The molecule has 1 heterocycles. The Morgan fingerprint density at radius 2 is 2.18 bits per heavy atom. The van der Waals surface area contributed by atoms with Crippen molar-refractivity contribution in [2.24, 2.45) is 5.73 Å². The third kappa shape index (κ3) is 2.17. The van der Waals surface area contributed by atoms with E-state index in [1.807, 2.05) is 29.1 Å². The average Bonchev–Trinajstić information content (AvgIpc) is 2.81. The van der Waals surface area contributed by atoms with Crippen LogP contribution in [-0.2, 0) is 0 Å². The molecule has 0 spiro atoms. The van der Waals surface area contributed by atoms with Crippen molar-refractivity contribution in [1.29, 1.82) is 0 Å². The van der Waals surface area contributed by atoms with Crippen LogP contribution in [-0.4, -0.2) is 21.9 Å². The molecule has 0 saturated heterocycles. The molecule has 1 fully saturated rings. The Bertz CT molecular complexity index is 486. The zero-order valence-corrected chi connectivity index (χ0v) is 9.58. The molecule has 1 aliphatic carbocycles. The van der Waals surface area contributed by atoms with Crippen LogP contribution in [0.25, 0.3) is 5.69 Å². The summed E-state index contributed by atoms with van der Waals surface area (Å²) in [6.45, 7) is 0. The topological polar surface area (TPSA) is 55.9 Å². The summed E-state index contributed by atoms with van der Waals surface area (Å²) in [5, 5.41) is 7.71.